The van der Waals surface area contributed by atoms with E-state index in [0.717, 1.165) is 24.5 Å². The molecule has 1 aromatic heterocycles. The number of methoxy groups -OCH3 is 1. The molecule has 9 nitrogen and oxygen atoms in total. The maximum atomic E-state index is 13.1. The van der Waals surface area contributed by atoms with Gasteiger partial charge in [0.1, 0.15) is 11.6 Å². The second-order valence-electron chi connectivity index (χ2n) is 9.31. The van der Waals surface area contributed by atoms with Crippen LogP contribution in [0.1, 0.15) is 15.9 Å². The number of carbonyl (C=O) groups excluding carboxylic acids is 2. The minimum Gasteiger partial charge on any atom is -0.494 e. The number of likely N-dealkylation sites (N-methyl/N-ethyl adjacent to an activating group) is 2. The van der Waals surface area contributed by atoms with E-state index in [4.69, 9.17) is 4.74 Å². The topological polar surface area (TPSA) is 90.0 Å². The molecule has 38 heavy (non-hydrogen) atoms. The number of benzene rings is 2. The molecule has 0 aliphatic heterocycles. The van der Waals surface area contributed by atoms with Gasteiger partial charge in [0.25, 0.3) is 0 Å². The van der Waals surface area contributed by atoms with Crippen LogP contribution in [0.3, 0.4) is 0 Å². The van der Waals surface area contributed by atoms with Gasteiger partial charge in [0.05, 0.1) is 24.2 Å². The van der Waals surface area contributed by atoms with E-state index < -0.39 is 0 Å². The van der Waals surface area contributed by atoms with Crippen molar-refractivity contribution < 1.29 is 14.3 Å². The predicted octanol–water partition coefficient (Wildman–Crippen LogP) is 4.25. The van der Waals surface area contributed by atoms with Crippen molar-refractivity contribution in [3.63, 3.8) is 0 Å². The third-order valence-corrected chi connectivity index (χ3v) is 5.99. The van der Waals surface area contributed by atoms with Crippen molar-refractivity contribution >= 4 is 40.3 Å². The fourth-order valence-electron chi connectivity index (χ4n) is 3.76. The SMILES string of the molecule is C=CC(=O)Nc1cc(Nc2cc(C(=O)c3ccc(N(C)C)cc3)ccn2)c(OC)cc1N(C)CCN(C)C. The van der Waals surface area contributed by atoms with Gasteiger partial charge in [-0.05, 0) is 62.6 Å². The van der Waals surface area contributed by atoms with E-state index in [2.05, 4.69) is 27.1 Å². The molecule has 3 rings (SSSR count). The summed E-state index contributed by atoms with van der Waals surface area (Å²) in [6.45, 7) is 5.13. The summed E-state index contributed by atoms with van der Waals surface area (Å²) in [5.41, 5.74) is 4.07. The lowest BCUT2D eigenvalue weighted by Gasteiger charge is -2.26. The van der Waals surface area contributed by atoms with E-state index in [1.807, 2.05) is 75.4 Å². The lowest BCUT2D eigenvalue weighted by atomic mass is 10.0. The van der Waals surface area contributed by atoms with Crippen molar-refractivity contribution in [3.05, 3.63) is 78.5 Å². The molecule has 0 saturated carbocycles. The van der Waals surface area contributed by atoms with Gasteiger partial charge in [0.15, 0.2) is 5.78 Å². The number of ether oxygens (including phenoxy) is 1. The van der Waals surface area contributed by atoms with Crippen LogP contribution in [0.15, 0.2) is 67.4 Å². The van der Waals surface area contributed by atoms with Crippen LogP contribution in [-0.4, -0.2) is 77.0 Å². The molecule has 0 atom stereocenters. The van der Waals surface area contributed by atoms with E-state index in [9.17, 15) is 9.59 Å². The average molecular weight is 517 g/mol. The highest BCUT2D eigenvalue weighted by Gasteiger charge is 2.17. The molecule has 0 aliphatic rings. The molecule has 0 aliphatic carbocycles. The predicted molar refractivity (Wildman–Crippen MR) is 155 cm³/mol. The number of nitrogens with zero attached hydrogens (tertiary/aromatic N) is 4. The first-order valence-electron chi connectivity index (χ1n) is 12.2. The van der Waals surface area contributed by atoms with Gasteiger partial charge in [-0.25, -0.2) is 4.98 Å². The van der Waals surface area contributed by atoms with E-state index >= 15 is 0 Å². The minimum absolute atomic E-state index is 0.107. The van der Waals surface area contributed by atoms with Crippen LogP contribution in [-0.2, 0) is 4.79 Å². The molecule has 0 saturated heterocycles. The highest BCUT2D eigenvalue weighted by Crippen LogP contribution is 2.38. The Morgan fingerprint density at radius 2 is 1.66 bits per heavy atom. The summed E-state index contributed by atoms with van der Waals surface area (Å²) < 4.78 is 5.67. The number of pyridine rings is 1. The van der Waals surface area contributed by atoms with Crippen LogP contribution in [0.2, 0.25) is 0 Å². The summed E-state index contributed by atoms with van der Waals surface area (Å²) in [5.74, 6) is 0.596. The molecule has 2 N–H and O–H groups in total. The van der Waals surface area contributed by atoms with Crippen molar-refractivity contribution in [3.8, 4) is 5.75 Å². The number of amides is 1. The van der Waals surface area contributed by atoms with Crippen molar-refractivity contribution in [2.45, 2.75) is 0 Å². The Balaban J connectivity index is 1.93. The molecule has 9 heteroatoms. The van der Waals surface area contributed by atoms with Crippen molar-refractivity contribution in [1.82, 2.24) is 9.88 Å². The zero-order valence-corrected chi connectivity index (χ0v) is 22.9. The molecule has 0 bridgehead atoms. The van der Waals surface area contributed by atoms with Crippen molar-refractivity contribution in [1.29, 1.82) is 0 Å². The van der Waals surface area contributed by atoms with Crippen molar-refractivity contribution in [2.24, 2.45) is 0 Å². The van der Waals surface area contributed by atoms with Gasteiger partial charge in [-0.1, -0.05) is 6.58 Å². The van der Waals surface area contributed by atoms with Gasteiger partial charge in [-0.2, -0.15) is 0 Å². The maximum absolute atomic E-state index is 13.1. The van der Waals surface area contributed by atoms with E-state index in [-0.39, 0.29) is 11.7 Å². The van der Waals surface area contributed by atoms with Crippen LogP contribution < -0.4 is 25.2 Å². The summed E-state index contributed by atoms with van der Waals surface area (Å²) >= 11 is 0. The molecule has 0 unspecified atom stereocenters. The lowest BCUT2D eigenvalue weighted by molar-refractivity contribution is -0.111. The highest BCUT2D eigenvalue weighted by molar-refractivity contribution is 6.09. The van der Waals surface area contributed by atoms with Gasteiger partial charge >= 0.3 is 0 Å². The Bertz CT molecular complexity index is 1290. The first-order chi connectivity index (χ1) is 18.1. The Kier molecular flexibility index (Phi) is 9.45. The molecular weight excluding hydrogens is 480 g/mol. The number of aromatic nitrogens is 1. The zero-order chi connectivity index (χ0) is 27.8. The molecule has 1 heterocycles. The van der Waals surface area contributed by atoms with Crippen molar-refractivity contribution in [2.75, 3.05) is 75.9 Å². The Morgan fingerprint density at radius 1 is 0.947 bits per heavy atom. The summed E-state index contributed by atoms with van der Waals surface area (Å²) in [4.78, 5) is 35.8. The maximum Gasteiger partial charge on any atom is 0.247 e. The van der Waals surface area contributed by atoms with Crippen LogP contribution in [0.5, 0.6) is 5.75 Å². The van der Waals surface area contributed by atoms with E-state index in [1.54, 1.807) is 31.5 Å². The number of anilines is 5. The molecule has 3 aromatic rings. The van der Waals surface area contributed by atoms with E-state index in [1.165, 1.54) is 6.08 Å². The number of rotatable bonds is 12. The zero-order valence-electron chi connectivity index (χ0n) is 22.9. The summed E-state index contributed by atoms with van der Waals surface area (Å²) in [7, 11) is 11.5. The quantitative estimate of drug-likeness (QED) is 0.273. The second kappa shape index (κ2) is 12.7. The fourth-order valence-corrected chi connectivity index (χ4v) is 3.76. The minimum atomic E-state index is -0.325. The molecule has 0 fully saturated rings. The normalized spacial score (nSPS) is 10.6. The highest BCUT2D eigenvalue weighted by atomic mass is 16.5. The largest absolute Gasteiger partial charge is 0.494 e. The molecule has 200 valence electrons. The van der Waals surface area contributed by atoms with Crippen LogP contribution in [0.25, 0.3) is 0 Å². The molecule has 0 radical (unpaired) electrons. The van der Waals surface area contributed by atoms with Gasteiger partial charge in [0.2, 0.25) is 5.91 Å². The third kappa shape index (κ3) is 7.10. The lowest BCUT2D eigenvalue weighted by Crippen LogP contribution is -2.29. The Hall–Kier alpha value is -4.37. The third-order valence-electron chi connectivity index (χ3n) is 5.99. The number of ketones is 1. The average Bonchev–Trinajstić information content (AvgIpc) is 2.91. The van der Waals surface area contributed by atoms with Gasteiger partial charge in [-0.3, -0.25) is 9.59 Å². The van der Waals surface area contributed by atoms with Gasteiger partial charge < -0.3 is 30.1 Å². The number of hydrogen-bond donors (Lipinski definition) is 2. The smallest absolute Gasteiger partial charge is 0.247 e. The molecule has 0 spiro atoms. The molecule has 1 amide bonds. The Morgan fingerprint density at radius 3 is 2.26 bits per heavy atom. The van der Waals surface area contributed by atoms with Crippen LogP contribution in [0, 0.1) is 0 Å². The standard InChI is InChI=1S/C29H36N6O3/c1-8-28(36)32-23-18-24(26(38-7)19-25(23)35(6)16-15-33(2)3)31-27-17-21(13-14-30-27)29(37)20-9-11-22(12-10-20)34(4)5/h8-14,17-19H,1,15-16H2,2-7H3,(H,30,31)(H,32,36). The summed E-state index contributed by atoms with van der Waals surface area (Å²) in [6, 6.07) is 14.5. The summed E-state index contributed by atoms with van der Waals surface area (Å²) in [5, 5.41) is 6.13. The molecule has 2 aromatic carbocycles. The summed E-state index contributed by atoms with van der Waals surface area (Å²) in [6.07, 6.45) is 2.81. The number of nitrogens with one attached hydrogen (secondary N) is 2. The first kappa shape index (κ1) is 28.2. The van der Waals surface area contributed by atoms with Gasteiger partial charge in [-0.15, -0.1) is 0 Å². The first-order valence-corrected chi connectivity index (χ1v) is 12.2. The second-order valence-corrected chi connectivity index (χ2v) is 9.31. The number of carbonyl (C=O) groups is 2. The fraction of sp³-hybridized carbons (Fsp3) is 0.276. The van der Waals surface area contributed by atoms with E-state index in [0.29, 0.717) is 34.1 Å². The molecular formula is C29H36N6O3. The van der Waals surface area contributed by atoms with Gasteiger partial charge in [0, 0.05) is 63.3 Å². The monoisotopic (exact) mass is 516 g/mol. The Labute approximate surface area is 224 Å². The number of hydrogen-bond acceptors (Lipinski definition) is 8. The van der Waals surface area contributed by atoms with Crippen LogP contribution in [0.4, 0.5) is 28.6 Å². The van der Waals surface area contributed by atoms with Crippen LogP contribution >= 0.6 is 0 Å².